The lowest BCUT2D eigenvalue weighted by Gasteiger charge is -2.35. The molecule has 6 heteroatoms. The lowest BCUT2D eigenvalue weighted by atomic mass is 9.93. The van der Waals surface area contributed by atoms with Crippen molar-refractivity contribution in [1.29, 1.82) is 0 Å². The Hall–Kier alpha value is -2.37. The van der Waals surface area contributed by atoms with Crippen LogP contribution in [0.2, 0.25) is 0 Å². The second kappa shape index (κ2) is 5.20. The van der Waals surface area contributed by atoms with E-state index in [0.717, 1.165) is 11.1 Å². The summed E-state index contributed by atoms with van der Waals surface area (Å²) in [7, 11) is 0. The average molecular weight is 288 g/mol. The molecule has 1 aromatic carbocycles. The highest BCUT2D eigenvalue weighted by molar-refractivity contribution is 5.93. The standard InChI is InChI=1S/C15H16N2O4/c18-13-6-5-11(16-13)14(19)17-8-10-4-2-1-3-9(10)7-12(17)15(20)21/h1-4,11-12H,5-8H2,(H,16,18)(H,20,21). The fraction of sp³-hybridized carbons (Fsp3) is 0.400. The van der Waals surface area contributed by atoms with Gasteiger partial charge < -0.3 is 15.3 Å². The van der Waals surface area contributed by atoms with E-state index in [1.165, 1.54) is 4.90 Å². The van der Waals surface area contributed by atoms with Gasteiger partial charge in [0.15, 0.2) is 0 Å². The molecule has 0 saturated carbocycles. The maximum Gasteiger partial charge on any atom is 0.326 e. The van der Waals surface area contributed by atoms with Crippen LogP contribution >= 0.6 is 0 Å². The molecule has 1 aromatic rings. The van der Waals surface area contributed by atoms with E-state index in [1.807, 2.05) is 24.3 Å². The van der Waals surface area contributed by atoms with Crippen molar-refractivity contribution in [2.24, 2.45) is 0 Å². The zero-order valence-electron chi connectivity index (χ0n) is 11.4. The highest BCUT2D eigenvalue weighted by Gasteiger charge is 2.39. The smallest absolute Gasteiger partial charge is 0.326 e. The Balaban J connectivity index is 1.87. The number of rotatable bonds is 2. The molecule has 1 fully saturated rings. The minimum atomic E-state index is -1.01. The number of carboxylic acid groups (broad SMARTS) is 1. The number of nitrogens with zero attached hydrogens (tertiary/aromatic N) is 1. The number of hydrogen-bond acceptors (Lipinski definition) is 3. The molecule has 0 radical (unpaired) electrons. The molecule has 3 rings (SSSR count). The first-order valence-electron chi connectivity index (χ1n) is 6.95. The summed E-state index contributed by atoms with van der Waals surface area (Å²) in [6, 6.07) is 6.08. The van der Waals surface area contributed by atoms with Gasteiger partial charge in [0, 0.05) is 19.4 Å². The summed E-state index contributed by atoms with van der Waals surface area (Å²) in [4.78, 5) is 36.6. The summed E-state index contributed by atoms with van der Waals surface area (Å²) in [5.74, 6) is -1.47. The van der Waals surface area contributed by atoms with Crippen LogP contribution in [0.4, 0.5) is 0 Å². The molecule has 21 heavy (non-hydrogen) atoms. The molecule has 2 aliphatic heterocycles. The zero-order chi connectivity index (χ0) is 15.0. The third-order valence-corrected chi connectivity index (χ3v) is 4.11. The lowest BCUT2D eigenvalue weighted by molar-refractivity contribution is -0.152. The highest BCUT2D eigenvalue weighted by atomic mass is 16.4. The molecule has 2 atom stereocenters. The van der Waals surface area contributed by atoms with Crippen LogP contribution in [0, 0.1) is 0 Å². The maximum atomic E-state index is 12.5. The molecule has 1 saturated heterocycles. The molecule has 110 valence electrons. The predicted octanol–water partition coefficient (Wildman–Crippen LogP) is 0.303. The molecule has 2 heterocycles. The van der Waals surface area contributed by atoms with Gasteiger partial charge in [0.1, 0.15) is 12.1 Å². The average Bonchev–Trinajstić information content (AvgIpc) is 2.91. The van der Waals surface area contributed by atoms with E-state index in [9.17, 15) is 19.5 Å². The zero-order valence-corrected chi connectivity index (χ0v) is 11.4. The van der Waals surface area contributed by atoms with Crippen molar-refractivity contribution in [3.8, 4) is 0 Å². The number of amides is 2. The SMILES string of the molecule is O=C1CCC(C(=O)N2Cc3ccccc3CC2C(=O)O)N1. The van der Waals surface area contributed by atoms with Gasteiger partial charge in [-0.05, 0) is 17.5 Å². The van der Waals surface area contributed by atoms with Crippen molar-refractivity contribution in [1.82, 2.24) is 10.2 Å². The number of carbonyl (C=O) groups is 3. The van der Waals surface area contributed by atoms with Crippen LogP contribution < -0.4 is 5.32 Å². The highest BCUT2D eigenvalue weighted by Crippen LogP contribution is 2.25. The number of aliphatic carboxylic acids is 1. The normalized spacial score (nSPS) is 24.4. The van der Waals surface area contributed by atoms with Crippen LogP contribution in [-0.2, 0) is 27.3 Å². The van der Waals surface area contributed by atoms with Gasteiger partial charge in [-0.15, -0.1) is 0 Å². The summed E-state index contributed by atoms with van der Waals surface area (Å²) in [6.07, 6.45) is 1.05. The van der Waals surface area contributed by atoms with Crippen LogP contribution in [0.5, 0.6) is 0 Å². The molecule has 2 N–H and O–H groups in total. The van der Waals surface area contributed by atoms with Crippen LogP contribution in [-0.4, -0.2) is 39.9 Å². The number of benzene rings is 1. The molecule has 2 amide bonds. The Morgan fingerprint density at radius 3 is 2.57 bits per heavy atom. The molecule has 0 aromatic heterocycles. The van der Waals surface area contributed by atoms with Gasteiger partial charge in [-0.3, -0.25) is 9.59 Å². The number of carboxylic acids is 1. The van der Waals surface area contributed by atoms with Crippen molar-refractivity contribution in [2.75, 3.05) is 0 Å². The van der Waals surface area contributed by atoms with Crippen molar-refractivity contribution in [3.05, 3.63) is 35.4 Å². The van der Waals surface area contributed by atoms with Gasteiger partial charge in [-0.25, -0.2) is 4.79 Å². The molecule has 2 aliphatic rings. The second-order valence-corrected chi connectivity index (χ2v) is 5.45. The Morgan fingerprint density at radius 2 is 1.95 bits per heavy atom. The Kier molecular flexibility index (Phi) is 3.37. The monoisotopic (exact) mass is 288 g/mol. The molecule has 0 spiro atoms. The summed E-state index contributed by atoms with van der Waals surface area (Å²) in [5, 5.41) is 12.0. The number of carbonyl (C=O) groups excluding carboxylic acids is 2. The van der Waals surface area contributed by atoms with Crippen LogP contribution in [0.15, 0.2) is 24.3 Å². The topological polar surface area (TPSA) is 86.7 Å². The van der Waals surface area contributed by atoms with Gasteiger partial charge in [-0.2, -0.15) is 0 Å². The molecule has 2 unspecified atom stereocenters. The number of fused-ring (bicyclic) bond motifs is 1. The Bertz CT molecular complexity index is 613. The van der Waals surface area contributed by atoms with Crippen molar-refractivity contribution >= 4 is 17.8 Å². The van der Waals surface area contributed by atoms with E-state index in [0.29, 0.717) is 19.3 Å². The number of hydrogen-bond donors (Lipinski definition) is 2. The quantitative estimate of drug-likeness (QED) is 0.819. The van der Waals surface area contributed by atoms with Gasteiger partial charge in [0.05, 0.1) is 0 Å². The fourth-order valence-electron chi connectivity index (χ4n) is 2.97. The third kappa shape index (κ3) is 2.49. The molecular formula is C15H16N2O4. The fourth-order valence-corrected chi connectivity index (χ4v) is 2.97. The largest absolute Gasteiger partial charge is 0.480 e. The van der Waals surface area contributed by atoms with Crippen LogP contribution in [0.3, 0.4) is 0 Å². The summed E-state index contributed by atoms with van der Waals surface area (Å²) < 4.78 is 0. The first-order valence-corrected chi connectivity index (χ1v) is 6.95. The minimum Gasteiger partial charge on any atom is -0.480 e. The van der Waals surface area contributed by atoms with Crippen molar-refractivity contribution in [2.45, 2.75) is 37.9 Å². The lowest BCUT2D eigenvalue weighted by Crippen LogP contribution is -2.53. The van der Waals surface area contributed by atoms with Gasteiger partial charge in [0.25, 0.3) is 0 Å². The first kappa shape index (κ1) is 13.6. The van der Waals surface area contributed by atoms with E-state index in [2.05, 4.69) is 5.32 Å². The van der Waals surface area contributed by atoms with Crippen molar-refractivity contribution in [3.63, 3.8) is 0 Å². The summed E-state index contributed by atoms with van der Waals surface area (Å²) >= 11 is 0. The van der Waals surface area contributed by atoms with Gasteiger partial charge >= 0.3 is 5.97 Å². The minimum absolute atomic E-state index is 0.155. The van der Waals surface area contributed by atoms with Crippen LogP contribution in [0.25, 0.3) is 0 Å². The number of nitrogens with one attached hydrogen (secondary N) is 1. The molecule has 0 aliphatic carbocycles. The van der Waals surface area contributed by atoms with E-state index >= 15 is 0 Å². The van der Waals surface area contributed by atoms with Crippen LogP contribution in [0.1, 0.15) is 24.0 Å². The first-order chi connectivity index (χ1) is 10.1. The van der Waals surface area contributed by atoms with E-state index in [-0.39, 0.29) is 18.4 Å². The van der Waals surface area contributed by atoms with Crippen molar-refractivity contribution < 1.29 is 19.5 Å². The summed E-state index contributed by atoms with van der Waals surface area (Å²) in [6.45, 7) is 0.276. The molecule has 6 nitrogen and oxygen atoms in total. The predicted molar refractivity (Wildman–Crippen MR) is 73.3 cm³/mol. The van der Waals surface area contributed by atoms with E-state index in [4.69, 9.17) is 0 Å². The summed E-state index contributed by atoms with van der Waals surface area (Å²) in [5.41, 5.74) is 1.93. The van der Waals surface area contributed by atoms with Gasteiger partial charge in [-0.1, -0.05) is 24.3 Å². The van der Waals surface area contributed by atoms with E-state index in [1.54, 1.807) is 0 Å². The van der Waals surface area contributed by atoms with Gasteiger partial charge in [0.2, 0.25) is 11.8 Å². The third-order valence-electron chi connectivity index (χ3n) is 4.11. The molecular weight excluding hydrogens is 272 g/mol. The second-order valence-electron chi connectivity index (χ2n) is 5.45. The maximum absolute atomic E-state index is 12.5. The molecule has 0 bridgehead atoms. The Morgan fingerprint density at radius 1 is 1.24 bits per heavy atom. The Labute approximate surface area is 121 Å². The van der Waals surface area contributed by atoms with E-state index < -0.39 is 18.1 Å².